The molecule has 0 bridgehead atoms. The van der Waals surface area contributed by atoms with Crippen LogP contribution < -0.4 is 5.73 Å². The zero-order valence-electron chi connectivity index (χ0n) is 8.49. The Labute approximate surface area is 83.9 Å². The molecule has 1 unspecified atom stereocenters. The maximum absolute atomic E-state index is 11.5. The lowest BCUT2D eigenvalue weighted by atomic mass is 10.2. The molecule has 1 atom stereocenters. The number of benzene rings is 1. The van der Waals surface area contributed by atoms with Gasteiger partial charge in [0, 0.05) is 5.69 Å². The van der Waals surface area contributed by atoms with Gasteiger partial charge in [-0.15, -0.1) is 0 Å². The van der Waals surface area contributed by atoms with Crippen molar-refractivity contribution < 1.29 is 9.53 Å². The summed E-state index contributed by atoms with van der Waals surface area (Å²) in [5.41, 5.74) is 6.63. The van der Waals surface area contributed by atoms with Crippen molar-refractivity contribution in [3.8, 4) is 0 Å². The van der Waals surface area contributed by atoms with E-state index in [0.717, 1.165) is 6.42 Å². The molecule has 3 nitrogen and oxygen atoms in total. The van der Waals surface area contributed by atoms with Crippen LogP contribution in [0.5, 0.6) is 0 Å². The van der Waals surface area contributed by atoms with Crippen LogP contribution >= 0.6 is 0 Å². The van der Waals surface area contributed by atoms with Crippen LogP contribution in [0.15, 0.2) is 24.3 Å². The van der Waals surface area contributed by atoms with E-state index in [1.54, 1.807) is 24.3 Å². The first kappa shape index (κ1) is 10.6. The molecule has 1 rings (SSSR count). The molecule has 0 heterocycles. The summed E-state index contributed by atoms with van der Waals surface area (Å²) in [7, 11) is 0. The molecule has 1 aromatic rings. The first-order chi connectivity index (χ1) is 6.63. The molecule has 0 aliphatic heterocycles. The molecule has 0 amide bonds. The van der Waals surface area contributed by atoms with Crippen LogP contribution in [0, 0.1) is 0 Å². The largest absolute Gasteiger partial charge is 0.459 e. The molecule has 0 fully saturated rings. The van der Waals surface area contributed by atoms with Crippen molar-refractivity contribution >= 4 is 11.7 Å². The van der Waals surface area contributed by atoms with Gasteiger partial charge in [-0.1, -0.05) is 13.0 Å². The maximum atomic E-state index is 11.5. The summed E-state index contributed by atoms with van der Waals surface area (Å²) < 4.78 is 5.15. The number of carbonyl (C=O) groups excluding carboxylic acids is 1. The first-order valence-electron chi connectivity index (χ1n) is 4.70. The van der Waals surface area contributed by atoms with Crippen molar-refractivity contribution in [2.45, 2.75) is 26.4 Å². The molecule has 0 radical (unpaired) electrons. The summed E-state index contributed by atoms with van der Waals surface area (Å²) in [5.74, 6) is -0.313. The lowest BCUT2D eigenvalue weighted by Gasteiger charge is -2.10. The molecule has 1 aromatic carbocycles. The van der Waals surface area contributed by atoms with E-state index in [-0.39, 0.29) is 12.1 Å². The average Bonchev–Trinajstić information content (AvgIpc) is 2.17. The number of carbonyl (C=O) groups is 1. The monoisotopic (exact) mass is 193 g/mol. The van der Waals surface area contributed by atoms with Crippen molar-refractivity contribution in [3.05, 3.63) is 29.8 Å². The number of hydrogen-bond donors (Lipinski definition) is 1. The summed E-state index contributed by atoms with van der Waals surface area (Å²) in [4.78, 5) is 11.5. The van der Waals surface area contributed by atoms with Crippen LogP contribution in [0.1, 0.15) is 30.6 Å². The molecule has 14 heavy (non-hydrogen) atoms. The van der Waals surface area contributed by atoms with Gasteiger partial charge in [0.25, 0.3) is 0 Å². The fourth-order valence-electron chi connectivity index (χ4n) is 1.000. The van der Waals surface area contributed by atoms with Gasteiger partial charge in [0.15, 0.2) is 0 Å². The molecule has 0 saturated carbocycles. The SMILES string of the molecule is CCC(C)OC(=O)c1cccc(N)c1. The summed E-state index contributed by atoms with van der Waals surface area (Å²) in [6.07, 6.45) is 0.762. The predicted molar refractivity (Wildman–Crippen MR) is 56.0 cm³/mol. The molecular weight excluding hydrogens is 178 g/mol. The number of nitrogen functional groups attached to an aromatic ring is 1. The zero-order chi connectivity index (χ0) is 10.6. The Kier molecular flexibility index (Phi) is 3.51. The van der Waals surface area contributed by atoms with Crippen molar-refractivity contribution in [1.82, 2.24) is 0 Å². The number of anilines is 1. The Balaban J connectivity index is 2.70. The molecule has 2 N–H and O–H groups in total. The van der Waals surface area contributed by atoms with E-state index in [4.69, 9.17) is 10.5 Å². The van der Waals surface area contributed by atoms with Gasteiger partial charge in [-0.25, -0.2) is 4.79 Å². The zero-order valence-corrected chi connectivity index (χ0v) is 8.49. The van der Waals surface area contributed by atoms with Crippen LogP contribution in [0.25, 0.3) is 0 Å². The van der Waals surface area contributed by atoms with Gasteiger partial charge >= 0.3 is 5.97 Å². The van der Waals surface area contributed by atoms with E-state index in [9.17, 15) is 4.79 Å². The quantitative estimate of drug-likeness (QED) is 0.591. The molecule has 0 aliphatic carbocycles. The Morgan fingerprint density at radius 2 is 2.29 bits per heavy atom. The second-order valence-electron chi connectivity index (χ2n) is 3.25. The van der Waals surface area contributed by atoms with Crippen molar-refractivity contribution in [2.75, 3.05) is 5.73 Å². The van der Waals surface area contributed by atoms with E-state index < -0.39 is 0 Å². The van der Waals surface area contributed by atoms with E-state index >= 15 is 0 Å². The summed E-state index contributed by atoms with van der Waals surface area (Å²) >= 11 is 0. The van der Waals surface area contributed by atoms with Gasteiger partial charge in [-0.05, 0) is 31.5 Å². The molecule has 76 valence electrons. The average molecular weight is 193 g/mol. The summed E-state index contributed by atoms with van der Waals surface area (Å²) in [5, 5.41) is 0. The maximum Gasteiger partial charge on any atom is 0.338 e. The third kappa shape index (κ3) is 2.76. The highest BCUT2D eigenvalue weighted by molar-refractivity contribution is 5.90. The van der Waals surface area contributed by atoms with Crippen LogP contribution in [0.4, 0.5) is 5.69 Å². The fourth-order valence-corrected chi connectivity index (χ4v) is 1.000. The molecule has 0 aliphatic rings. The van der Waals surface area contributed by atoms with Crippen LogP contribution in [-0.2, 0) is 4.74 Å². The van der Waals surface area contributed by atoms with Crippen molar-refractivity contribution in [3.63, 3.8) is 0 Å². The Morgan fingerprint density at radius 3 is 2.86 bits per heavy atom. The summed E-state index contributed by atoms with van der Waals surface area (Å²) in [6, 6.07) is 6.79. The van der Waals surface area contributed by atoms with Gasteiger partial charge in [0.2, 0.25) is 0 Å². The van der Waals surface area contributed by atoms with E-state index in [1.165, 1.54) is 0 Å². The highest BCUT2D eigenvalue weighted by Crippen LogP contribution is 2.09. The van der Waals surface area contributed by atoms with E-state index in [0.29, 0.717) is 11.3 Å². The van der Waals surface area contributed by atoms with Gasteiger partial charge in [0.1, 0.15) is 0 Å². The molecule has 0 saturated heterocycles. The molecular formula is C11H15NO2. The van der Waals surface area contributed by atoms with Crippen molar-refractivity contribution in [2.24, 2.45) is 0 Å². The number of nitrogens with two attached hydrogens (primary N) is 1. The third-order valence-electron chi connectivity index (χ3n) is 2.01. The molecule has 0 spiro atoms. The Hall–Kier alpha value is -1.51. The normalized spacial score (nSPS) is 12.1. The van der Waals surface area contributed by atoms with Crippen LogP contribution in [-0.4, -0.2) is 12.1 Å². The highest BCUT2D eigenvalue weighted by Gasteiger charge is 2.10. The predicted octanol–water partition coefficient (Wildman–Crippen LogP) is 2.22. The first-order valence-corrected chi connectivity index (χ1v) is 4.70. The van der Waals surface area contributed by atoms with Crippen LogP contribution in [0.2, 0.25) is 0 Å². The van der Waals surface area contributed by atoms with Gasteiger partial charge in [-0.3, -0.25) is 0 Å². The second kappa shape index (κ2) is 4.65. The number of rotatable bonds is 3. The highest BCUT2D eigenvalue weighted by atomic mass is 16.5. The minimum absolute atomic E-state index is 0.0519. The number of hydrogen-bond acceptors (Lipinski definition) is 3. The second-order valence-corrected chi connectivity index (χ2v) is 3.25. The minimum atomic E-state index is -0.313. The summed E-state index contributed by atoms with van der Waals surface area (Å²) in [6.45, 7) is 3.83. The molecule has 3 heteroatoms. The van der Waals surface area contributed by atoms with Crippen LogP contribution in [0.3, 0.4) is 0 Å². The molecule has 0 aromatic heterocycles. The van der Waals surface area contributed by atoms with Crippen molar-refractivity contribution in [1.29, 1.82) is 0 Å². The smallest absolute Gasteiger partial charge is 0.338 e. The third-order valence-corrected chi connectivity index (χ3v) is 2.01. The minimum Gasteiger partial charge on any atom is -0.459 e. The van der Waals surface area contributed by atoms with Gasteiger partial charge in [0.05, 0.1) is 11.7 Å². The van der Waals surface area contributed by atoms with Gasteiger partial charge in [-0.2, -0.15) is 0 Å². The Bertz CT molecular complexity index is 323. The lowest BCUT2D eigenvalue weighted by molar-refractivity contribution is 0.0334. The van der Waals surface area contributed by atoms with E-state index in [2.05, 4.69) is 0 Å². The fraction of sp³-hybridized carbons (Fsp3) is 0.364. The lowest BCUT2D eigenvalue weighted by Crippen LogP contribution is -2.14. The van der Waals surface area contributed by atoms with E-state index in [1.807, 2.05) is 13.8 Å². The standard InChI is InChI=1S/C11H15NO2/c1-3-8(2)14-11(13)9-5-4-6-10(12)7-9/h4-8H,3,12H2,1-2H3. The number of esters is 1. The topological polar surface area (TPSA) is 52.3 Å². The number of ether oxygens (including phenoxy) is 1. The van der Waals surface area contributed by atoms with Gasteiger partial charge < -0.3 is 10.5 Å². The Morgan fingerprint density at radius 1 is 1.57 bits per heavy atom.